The van der Waals surface area contributed by atoms with Crippen LogP contribution in [0, 0.1) is 0 Å². The minimum absolute atomic E-state index is 0.0247. The van der Waals surface area contributed by atoms with Crippen molar-refractivity contribution in [1.82, 2.24) is 9.97 Å². The Balaban J connectivity index is 0.00000105. The number of hydrogen-bond acceptors (Lipinski definition) is 21. The van der Waals surface area contributed by atoms with Crippen molar-refractivity contribution in [1.29, 1.82) is 0 Å². The third kappa shape index (κ3) is 30.7. The highest BCUT2D eigenvalue weighted by molar-refractivity contribution is 9.09. The van der Waals surface area contributed by atoms with Gasteiger partial charge < -0.3 is 88.2 Å². The van der Waals surface area contributed by atoms with E-state index in [1.807, 2.05) is 20.8 Å². The van der Waals surface area contributed by atoms with Gasteiger partial charge >= 0.3 is 11.9 Å². The summed E-state index contributed by atoms with van der Waals surface area (Å²) in [5.41, 5.74) is 6.57. The third-order valence-corrected chi connectivity index (χ3v) is 12.1. The van der Waals surface area contributed by atoms with E-state index in [-0.39, 0.29) is 87.4 Å². The SMILES string of the molecule is C=C(CC(=O)OCC)OCC.CCO.CCOC(=O)CC(=Nc1cccc(O)c1Cl)OCC.CCOc1cc(=O)c2ccc(O)c(Cl)c2[nH]1.CCOc1cc(=O)c2ccc(OCC(OC)OC)c(Cl)c2[nH]1.COC(CBr)OC.Nc1cccc(O)c1Cl. The second kappa shape index (κ2) is 46.4. The standard InChI is InChI=1S/C15H18ClNO5.C13H16ClNO4.C11H10ClNO3.C8H14O3.C6H6ClNO.C4H9BrO2.C2H6O/c1-4-21-12-7-10(18)9-5-6-11(14(16)15(9)17-12)22-8-13(19-2)20-3;1-3-18-11(8-12(17)19-4-2)15-9-6-5-7-10(16)13(9)14;1-2-16-9-5-8(15)6-3-4-7(14)10(12)11(6)13-9;1-4-10-7(3)6-8(9)11-5-2;7-6-4(8)2-1-3-5(6)9;1-6-4(3-5)7-2;1-2-3/h5-7,13H,4,8H2,1-3H3,(H,17,18);5-7,16H,3-4,8H2,1-2H3;3-5,14H,2H2,1H3,(H,13,15);3-6H2,1-2H3;1-3,9H,8H2;4H,3H2,1-2H3;3H,2H2,1H3. The molecule has 0 amide bonds. The van der Waals surface area contributed by atoms with Crippen LogP contribution in [0.5, 0.6) is 34.8 Å². The molecule has 28 heteroatoms. The Kier molecular flexibility index (Phi) is 42.9. The minimum atomic E-state index is -0.499. The summed E-state index contributed by atoms with van der Waals surface area (Å²) in [4.78, 5) is 55.9. The number of halogens is 5. The Morgan fingerprint density at radius 1 is 0.586 bits per heavy atom. The van der Waals surface area contributed by atoms with Crippen LogP contribution in [0.2, 0.25) is 20.1 Å². The van der Waals surface area contributed by atoms with Crippen LogP contribution in [0.1, 0.15) is 61.3 Å². The first-order valence-corrected chi connectivity index (χ1v) is 29.2. The van der Waals surface area contributed by atoms with Crippen molar-refractivity contribution in [3.8, 4) is 34.8 Å². The number of aliphatic hydroxyl groups is 1. The molecule has 2 heterocycles. The van der Waals surface area contributed by atoms with Crippen molar-refractivity contribution in [2.75, 3.05) is 92.4 Å². The van der Waals surface area contributed by atoms with E-state index in [4.69, 9.17) is 110 Å². The number of anilines is 1. The van der Waals surface area contributed by atoms with Gasteiger partial charge in [-0.25, -0.2) is 4.99 Å². The van der Waals surface area contributed by atoms with Crippen LogP contribution in [0.3, 0.4) is 0 Å². The molecule has 484 valence electrons. The van der Waals surface area contributed by atoms with Crippen molar-refractivity contribution < 1.29 is 82.1 Å². The number of rotatable bonds is 22. The molecule has 23 nitrogen and oxygen atoms in total. The van der Waals surface area contributed by atoms with Crippen LogP contribution in [-0.2, 0) is 47.5 Å². The number of fused-ring (bicyclic) bond motifs is 2. The van der Waals surface area contributed by atoms with Gasteiger partial charge in [0.2, 0.25) is 0 Å². The van der Waals surface area contributed by atoms with Crippen LogP contribution in [0.25, 0.3) is 21.8 Å². The summed E-state index contributed by atoms with van der Waals surface area (Å²) in [5.74, 6) is 0.970. The highest BCUT2D eigenvalue weighted by Crippen LogP contribution is 2.34. The lowest BCUT2D eigenvalue weighted by atomic mass is 10.2. The third-order valence-electron chi connectivity index (χ3n) is 10.1. The molecule has 6 aromatic rings. The molecule has 87 heavy (non-hydrogen) atoms. The summed E-state index contributed by atoms with van der Waals surface area (Å²) in [6.07, 6.45) is -0.518. The summed E-state index contributed by atoms with van der Waals surface area (Å²) in [6.45, 7) is 18.9. The normalized spacial score (nSPS) is 10.4. The Morgan fingerprint density at radius 2 is 1.03 bits per heavy atom. The lowest BCUT2D eigenvalue weighted by Gasteiger charge is -2.16. The number of aromatic nitrogens is 2. The largest absolute Gasteiger partial charge is 0.506 e. The first-order chi connectivity index (χ1) is 41.5. The van der Waals surface area contributed by atoms with Crippen LogP contribution < -0.4 is 30.8 Å². The molecule has 0 atom stereocenters. The summed E-state index contributed by atoms with van der Waals surface area (Å²) >= 11 is 26.8. The number of aromatic hydroxyl groups is 3. The number of nitrogen functional groups attached to an aromatic ring is 1. The van der Waals surface area contributed by atoms with Gasteiger partial charge in [-0.05, 0) is 97.0 Å². The minimum Gasteiger partial charge on any atom is -0.506 e. The van der Waals surface area contributed by atoms with Crippen molar-refractivity contribution >= 4 is 113 Å². The topological polar surface area (TPSA) is 321 Å². The van der Waals surface area contributed by atoms with Gasteiger partial charge in [-0.15, -0.1) is 0 Å². The number of aliphatic imine (C=N–C) groups is 1. The van der Waals surface area contributed by atoms with Crippen molar-refractivity contribution in [2.45, 2.75) is 73.9 Å². The quantitative estimate of drug-likeness (QED) is 0.00631. The summed E-state index contributed by atoms with van der Waals surface area (Å²) in [6, 6.07) is 18.4. The Hall–Kier alpha value is -6.71. The lowest BCUT2D eigenvalue weighted by Crippen LogP contribution is -2.22. The molecule has 0 fully saturated rings. The number of nitrogens with zero attached hydrogens (tertiary/aromatic N) is 1. The second-order valence-electron chi connectivity index (χ2n) is 16.2. The molecule has 8 N–H and O–H groups in total. The fourth-order valence-corrected chi connectivity index (χ4v) is 7.50. The molecule has 0 saturated heterocycles. The molecule has 0 radical (unpaired) electrons. The monoisotopic (exact) mass is 1370 g/mol. The van der Waals surface area contributed by atoms with Gasteiger partial charge in [0, 0.05) is 58.0 Å². The summed E-state index contributed by atoms with van der Waals surface area (Å²) < 4.78 is 55.5. The second-order valence-corrected chi connectivity index (χ2v) is 18.4. The number of H-pyrrole nitrogens is 2. The average molecular weight is 1370 g/mol. The Labute approximate surface area is 534 Å². The first-order valence-electron chi connectivity index (χ1n) is 26.6. The average Bonchev–Trinajstić information content (AvgIpc) is 1.27. The van der Waals surface area contributed by atoms with Gasteiger partial charge in [0.1, 0.15) is 62.5 Å². The maximum Gasteiger partial charge on any atom is 0.315 e. The van der Waals surface area contributed by atoms with Crippen molar-refractivity contribution in [3.05, 3.63) is 126 Å². The van der Waals surface area contributed by atoms with Gasteiger partial charge in [-0.3, -0.25) is 19.2 Å². The number of hydrogen-bond donors (Lipinski definition) is 7. The molecule has 0 spiro atoms. The van der Waals surface area contributed by atoms with E-state index in [2.05, 4.69) is 42.2 Å². The molecule has 2 aromatic heterocycles. The van der Waals surface area contributed by atoms with Gasteiger partial charge in [0.25, 0.3) is 0 Å². The van der Waals surface area contributed by atoms with Crippen LogP contribution in [0.15, 0.2) is 99.7 Å². The first kappa shape index (κ1) is 80.3. The number of aromatic amines is 2. The maximum absolute atomic E-state index is 12.1. The summed E-state index contributed by atoms with van der Waals surface area (Å²) in [5, 5.41) is 37.7. The van der Waals surface area contributed by atoms with E-state index >= 15 is 0 Å². The summed E-state index contributed by atoms with van der Waals surface area (Å²) in [7, 11) is 6.25. The zero-order valence-corrected chi connectivity index (χ0v) is 55.0. The number of esters is 2. The number of alkyl halides is 1. The van der Waals surface area contributed by atoms with Gasteiger partial charge in [0.15, 0.2) is 41.1 Å². The number of pyridine rings is 2. The molecule has 6 rings (SSSR count). The van der Waals surface area contributed by atoms with Crippen LogP contribution >= 0.6 is 62.3 Å². The predicted octanol–water partition coefficient (Wildman–Crippen LogP) is 12.0. The number of aliphatic hydroxyl groups excluding tert-OH is 1. The molecule has 4 aromatic carbocycles. The lowest BCUT2D eigenvalue weighted by molar-refractivity contribution is -0.143. The smallest absolute Gasteiger partial charge is 0.315 e. The number of phenolic OH excluding ortho intramolecular Hbond substituents is 3. The van der Waals surface area contributed by atoms with E-state index in [0.717, 1.165) is 5.33 Å². The number of ether oxygens (including phenoxy) is 11. The zero-order chi connectivity index (χ0) is 66.0. The molecule has 0 aliphatic heterocycles. The van der Waals surface area contributed by atoms with Crippen molar-refractivity contribution in [2.24, 2.45) is 4.99 Å². The van der Waals surface area contributed by atoms with E-state index in [0.29, 0.717) is 101 Å². The Bertz CT molecular complexity index is 3100. The zero-order valence-electron chi connectivity index (χ0n) is 50.4. The molecule has 0 aliphatic carbocycles. The number of nitrogens with one attached hydrogen (secondary N) is 2. The molecule has 0 aliphatic rings. The molecule has 0 saturated carbocycles. The fourth-order valence-electron chi connectivity index (χ4n) is 6.20. The van der Waals surface area contributed by atoms with E-state index in [1.54, 1.807) is 78.3 Å². The van der Waals surface area contributed by atoms with Gasteiger partial charge in [-0.1, -0.05) is 81.0 Å². The predicted molar refractivity (Wildman–Crippen MR) is 343 cm³/mol. The van der Waals surface area contributed by atoms with E-state index in [1.165, 1.54) is 50.6 Å². The molecular formula is C59H79BrCl4N4O19. The number of carbonyl (C=O) groups is 2. The maximum atomic E-state index is 12.1. The van der Waals surface area contributed by atoms with E-state index < -0.39 is 12.3 Å². The highest BCUT2D eigenvalue weighted by Gasteiger charge is 2.15. The number of benzene rings is 4. The number of methoxy groups -OCH3 is 4. The molecular weight excluding hydrogens is 1290 g/mol. The van der Waals surface area contributed by atoms with Crippen molar-refractivity contribution in [3.63, 3.8) is 0 Å². The molecule has 0 unspecified atom stereocenters. The van der Waals surface area contributed by atoms with Gasteiger partial charge in [-0.2, -0.15) is 0 Å². The number of carbonyl (C=O) groups excluding carboxylic acids is 2. The fraction of sp³-hybridized carbons (Fsp3) is 0.407. The molecule has 0 bridgehead atoms. The van der Waals surface area contributed by atoms with Crippen LogP contribution in [-0.4, -0.2) is 147 Å². The van der Waals surface area contributed by atoms with Gasteiger partial charge in [0.05, 0.1) is 73.1 Å². The highest BCUT2D eigenvalue weighted by atomic mass is 79.9. The number of nitrogens with two attached hydrogens (primary N) is 1. The van der Waals surface area contributed by atoms with Crippen LogP contribution in [0.4, 0.5) is 11.4 Å². The Morgan fingerprint density at radius 3 is 1.47 bits per heavy atom. The van der Waals surface area contributed by atoms with E-state index in [9.17, 15) is 29.4 Å². The number of phenols is 3.